The van der Waals surface area contributed by atoms with Crippen LogP contribution in [0.5, 0.6) is 0 Å². The first-order chi connectivity index (χ1) is 12.7. The molecule has 0 amide bonds. The first kappa shape index (κ1) is 24.9. The monoisotopic (exact) mass is 536 g/mol. The Hall–Kier alpha value is -1.12. The minimum absolute atomic E-state index is 0. The highest BCUT2D eigenvalue weighted by Gasteiger charge is 2.30. The third kappa shape index (κ3) is 7.72. The number of nitrogens with one attached hydrogen (secondary N) is 2. The normalized spacial score (nSPS) is 16.4. The number of ether oxygens (including phenoxy) is 1. The first-order valence-electron chi connectivity index (χ1n) is 8.38. The van der Waals surface area contributed by atoms with Gasteiger partial charge in [-0.3, -0.25) is 4.99 Å². The molecule has 2 N–H and O–H groups in total. The Labute approximate surface area is 179 Å². The third-order valence-electron chi connectivity index (χ3n) is 3.95. The Morgan fingerprint density at radius 2 is 1.93 bits per heavy atom. The Morgan fingerprint density at radius 1 is 1.25 bits per heavy atom. The molecule has 1 saturated heterocycles. The zero-order valence-corrected chi connectivity index (χ0v) is 18.5. The molecule has 160 valence electrons. The summed E-state index contributed by atoms with van der Waals surface area (Å²) < 4.78 is 69.2. The lowest BCUT2D eigenvalue weighted by atomic mass is 10.1. The summed E-state index contributed by atoms with van der Waals surface area (Å²) >= 11 is 0. The van der Waals surface area contributed by atoms with Crippen molar-refractivity contribution >= 4 is 40.0 Å². The predicted molar refractivity (Wildman–Crippen MR) is 111 cm³/mol. The van der Waals surface area contributed by atoms with Crippen molar-refractivity contribution in [3.8, 4) is 0 Å². The van der Waals surface area contributed by atoms with Crippen molar-refractivity contribution in [2.45, 2.75) is 12.7 Å². The summed E-state index contributed by atoms with van der Waals surface area (Å²) in [6, 6.07) is 4.97. The largest absolute Gasteiger partial charge is 0.416 e. The lowest BCUT2D eigenvalue weighted by Crippen LogP contribution is -2.45. The molecule has 0 aliphatic carbocycles. The minimum Gasteiger partial charge on any atom is -0.379 e. The Kier molecular flexibility index (Phi) is 9.94. The molecule has 28 heavy (non-hydrogen) atoms. The smallest absolute Gasteiger partial charge is 0.379 e. The van der Waals surface area contributed by atoms with E-state index in [1.54, 1.807) is 6.07 Å². The molecule has 12 heteroatoms. The summed E-state index contributed by atoms with van der Waals surface area (Å²) in [7, 11) is -1.90. The molecule has 1 heterocycles. The van der Waals surface area contributed by atoms with Gasteiger partial charge in [-0.25, -0.2) is 8.42 Å². The molecule has 0 bridgehead atoms. The molecule has 1 aliphatic heterocycles. The van der Waals surface area contributed by atoms with Gasteiger partial charge in [0.05, 0.1) is 24.5 Å². The number of morpholine rings is 1. The SMILES string of the molecule is CN=C(NCCS(=O)(=O)N1CCOCC1)NCc1cccc(C(F)(F)F)c1.I. The molecule has 0 radical (unpaired) electrons. The summed E-state index contributed by atoms with van der Waals surface area (Å²) in [5, 5.41) is 5.73. The maximum atomic E-state index is 12.7. The van der Waals surface area contributed by atoms with E-state index in [4.69, 9.17) is 4.74 Å². The van der Waals surface area contributed by atoms with E-state index < -0.39 is 21.8 Å². The number of alkyl halides is 3. The van der Waals surface area contributed by atoms with Crippen LogP contribution in [0, 0.1) is 0 Å². The van der Waals surface area contributed by atoms with E-state index in [0.29, 0.717) is 37.8 Å². The van der Waals surface area contributed by atoms with Crippen molar-refractivity contribution in [3.63, 3.8) is 0 Å². The average Bonchev–Trinajstić information content (AvgIpc) is 2.64. The van der Waals surface area contributed by atoms with Gasteiger partial charge in [0, 0.05) is 33.2 Å². The van der Waals surface area contributed by atoms with Gasteiger partial charge in [-0.2, -0.15) is 17.5 Å². The number of rotatable bonds is 6. The quantitative estimate of drug-likeness (QED) is 0.329. The van der Waals surface area contributed by atoms with Crippen molar-refractivity contribution in [2.75, 3.05) is 45.6 Å². The number of hydrogen-bond donors (Lipinski definition) is 2. The van der Waals surface area contributed by atoms with E-state index in [1.165, 1.54) is 17.4 Å². The van der Waals surface area contributed by atoms with Crippen LogP contribution in [0.3, 0.4) is 0 Å². The Morgan fingerprint density at radius 3 is 2.54 bits per heavy atom. The maximum absolute atomic E-state index is 12.7. The summed E-state index contributed by atoms with van der Waals surface area (Å²) in [5.41, 5.74) is -0.282. The molecular formula is C16H24F3IN4O3S. The van der Waals surface area contributed by atoms with Gasteiger partial charge in [-0.1, -0.05) is 12.1 Å². The number of hydrogen-bond acceptors (Lipinski definition) is 4. The predicted octanol–water partition coefficient (Wildman–Crippen LogP) is 1.65. The van der Waals surface area contributed by atoms with Gasteiger partial charge in [0.15, 0.2) is 5.96 Å². The van der Waals surface area contributed by atoms with Crippen molar-refractivity contribution in [1.29, 1.82) is 0 Å². The van der Waals surface area contributed by atoms with E-state index in [2.05, 4.69) is 15.6 Å². The van der Waals surface area contributed by atoms with Gasteiger partial charge >= 0.3 is 6.18 Å². The highest BCUT2D eigenvalue weighted by atomic mass is 127. The standard InChI is InChI=1S/C16H23F3N4O3S.HI/c1-20-15(21-5-10-27(24,25)23-6-8-26-9-7-23)22-12-13-3-2-4-14(11-13)16(17,18)19;/h2-4,11H,5-10,12H2,1H3,(H2,20,21,22);1H. The van der Waals surface area contributed by atoms with Gasteiger partial charge in [0.25, 0.3) is 0 Å². The molecule has 1 aromatic carbocycles. The van der Waals surface area contributed by atoms with Crippen LogP contribution >= 0.6 is 24.0 Å². The number of sulfonamides is 1. The van der Waals surface area contributed by atoms with Crippen LogP contribution in [0.25, 0.3) is 0 Å². The number of nitrogens with zero attached hydrogens (tertiary/aromatic N) is 2. The molecule has 1 fully saturated rings. The first-order valence-corrected chi connectivity index (χ1v) is 9.99. The molecule has 2 rings (SSSR count). The van der Waals surface area contributed by atoms with Crippen molar-refractivity contribution in [1.82, 2.24) is 14.9 Å². The molecular weight excluding hydrogens is 512 g/mol. The number of guanidine groups is 1. The molecule has 1 aliphatic rings. The topological polar surface area (TPSA) is 83.0 Å². The molecule has 0 unspecified atom stereocenters. The number of halogens is 4. The molecule has 0 saturated carbocycles. The molecule has 7 nitrogen and oxygen atoms in total. The van der Waals surface area contributed by atoms with Gasteiger partial charge < -0.3 is 15.4 Å². The highest BCUT2D eigenvalue weighted by Crippen LogP contribution is 2.29. The summed E-state index contributed by atoms with van der Waals surface area (Å²) in [6.07, 6.45) is -4.40. The van der Waals surface area contributed by atoms with Gasteiger partial charge in [-0.05, 0) is 17.7 Å². The summed E-state index contributed by atoms with van der Waals surface area (Å²) in [4.78, 5) is 3.95. The van der Waals surface area contributed by atoms with Crippen LogP contribution in [0.4, 0.5) is 13.2 Å². The molecule has 0 spiro atoms. The van der Waals surface area contributed by atoms with Gasteiger partial charge in [0.1, 0.15) is 0 Å². The fourth-order valence-corrected chi connectivity index (χ4v) is 3.84. The van der Waals surface area contributed by atoms with E-state index in [1.807, 2.05) is 0 Å². The highest BCUT2D eigenvalue weighted by molar-refractivity contribution is 14.0. The van der Waals surface area contributed by atoms with E-state index in [-0.39, 0.29) is 42.8 Å². The lowest BCUT2D eigenvalue weighted by Gasteiger charge is -2.26. The minimum atomic E-state index is -4.40. The number of aliphatic imine (C=N–C) groups is 1. The zero-order chi connectivity index (χ0) is 19.9. The van der Waals surface area contributed by atoms with Gasteiger partial charge in [0.2, 0.25) is 10.0 Å². The van der Waals surface area contributed by atoms with Crippen LogP contribution in [0.2, 0.25) is 0 Å². The Bertz CT molecular complexity index is 754. The van der Waals surface area contributed by atoms with E-state index in [0.717, 1.165) is 12.1 Å². The fourth-order valence-electron chi connectivity index (χ4n) is 2.52. The zero-order valence-electron chi connectivity index (χ0n) is 15.3. The maximum Gasteiger partial charge on any atom is 0.416 e. The fraction of sp³-hybridized carbons (Fsp3) is 0.562. The van der Waals surface area contributed by atoms with E-state index in [9.17, 15) is 21.6 Å². The average molecular weight is 536 g/mol. The molecule has 0 atom stereocenters. The van der Waals surface area contributed by atoms with Crippen LogP contribution in [-0.2, 0) is 27.5 Å². The van der Waals surface area contributed by atoms with Crippen LogP contribution in [-0.4, -0.2) is 64.3 Å². The summed E-state index contributed by atoms with van der Waals surface area (Å²) in [6.45, 7) is 1.69. The summed E-state index contributed by atoms with van der Waals surface area (Å²) in [5.74, 6) is 0.196. The van der Waals surface area contributed by atoms with Crippen LogP contribution in [0.1, 0.15) is 11.1 Å². The van der Waals surface area contributed by atoms with Crippen molar-refractivity contribution in [2.24, 2.45) is 4.99 Å². The molecule has 1 aromatic rings. The second-order valence-corrected chi connectivity index (χ2v) is 7.97. The van der Waals surface area contributed by atoms with Crippen LogP contribution < -0.4 is 10.6 Å². The van der Waals surface area contributed by atoms with Crippen LogP contribution in [0.15, 0.2) is 29.3 Å². The lowest BCUT2D eigenvalue weighted by molar-refractivity contribution is -0.137. The third-order valence-corrected chi connectivity index (χ3v) is 5.83. The second-order valence-electron chi connectivity index (χ2n) is 5.88. The Balaban J connectivity index is 0.00000392. The molecule has 0 aromatic heterocycles. The second kappa shape index (κ2) is 11.2. The van der Waals surface area contributed by atoms with E-state index >= 15 is 0 Å². The van der Waals surface area contributed by atoms with Gasteiger partial charge in [-0.15, -0.1) is 24.0 Å². The number of benzene rings is 1. The van der Waals surface area contributed by atoms with Crippen molar-refractivity contribution in [3.05, 3.63) is 35.4 Å². The van der Waals surface area contributed by atoms with Crippen molar-refractivity contribution < 1.29 is 26.3 Å².